The highest BCUT2D eigenvalue weighted by Crippen LogP contribution is 2.15. The third-order valence-electron chi connectivity index (χ3n) is 2.29. The fraction of sp³-hybridized carbons (Fsp3) is 0.300. The maximum atomic E-state index is 5.67. The van der Waals surface area contributed by atoms with E-state index in [2.05, 4.69) is 15.5 Å². The van der Waals surface area contributed by atoms with Gasteiger partial charge in [-0.25, -0.2) is 0 Å². The fourth-order valence-electron chi connectivity index (χ4n) is 1.51. The van der Waals surface area contributed by atoms with Crippen molar-refractivity contribution < 1.29 is 4.74 Å². The van der Waals surface area contributed by atoms with Crippen LogP contribution in [0, 0.1) is 0 Å². The van der Waals surface area contributed by atoms with Crippen molar-refractivity contribution in [1.29, 1.82) is 0 Å². The van der Waals surface area contributed by atoms with Gasteiger partial charge in [-0.05, 0) is 28.5 Å². The van der Waals surface area contributed by atoms with Crippen molar-refractivity contribution in [3.63, 3.8) is 0 Å². The highest BCUT2D eigenvalue weighted by atomic mass is 16.5. The van der Waals surface area contributed by atoms with Gasteiger partial charge >= 0.3 is 0 Å². The second kappa shape index (κ2) is 4.71. The summed E-state index contributed by atoms with van der Waals surface area (Å²) in [7, 11) is 1.67. The van der Waals surface area contributed by atoms with E-state index in [4.69, 9.17) is 10.5 Å². The van der Waals surface area contributed by atoms with Gasteiger partial charge in [-0.2, -0.15) is 4.68 Å². The average molecular weight is 219 g/mol. The first-order valence-electron chi connectivity index (χ1n) is 4.94. The number of para-hydroxylation sites is 1. The lowest BCUT2D eigenvalue weighted by Crippen LogP contribution is -2.07. The summed E-state index contributed by atoms with van der Waals surface area (Å²) in [5, 5.41) is 11.0. The summed E-state index contributed by atoms with van der Waals surface area (Å²) in [6, 6.07) is 7.83. The Labute approximate surface area is 93.0 Å². The quantitative estimate of drug-likeness (QED) is 0.806. The fourth-order valence-corrected chi connectivity index (χ4v) is 1.51. The van der Waals surface area contributed by atoms with Gasteiger partial charge in [-0.1, -0.05) is 23.3 Å². The molecule has 0 radical (unpaired) electrons. The number of benzene rings is 1. The molecule has 0 spiro atoms. The predicted octanol–water partition coefficient (Wildman–Crippen LogP) is 0.433. The number of nitrogen functional groups attached to an aromatic ring is 1. The van der Waals surface area contributed by atoms with Gasteiger partial charge in [0.15, 0.2) is 0 Å². The largest absolute Gasteiger partial charge is 0.384 e. The van der Waals surface area contributed by atoms with Crippen LogP contribution in [0.3, 0.4) is 0 Å². The van der Waals surface area contributed by atoms with Gasteiger partial charge < -0.3 is 10.5 Å². The Bertz CT molecular complexity index is 468. The summed E-state index contributed by atoms with van der Waals surface area (Å²) >= 11 is 0. The second-order valence-electron chi connectivity index (χ2n) is 3.32. The summed E-state index contributed by atoms with van der Waals surface area (Å²) in [5.41, 5.74) is 7.66. The Hall–Kier alpha value is -1.95. The molecule has 0 unspecified atom stereocenters. The Kier molecular flexibility index (Phi) is 3.11. The number of hydrogen-bond donors (Lipinski definition) is 1. The second-order valence-corrected chi connectivity index (χ2v) is 3.32. The molecule has 0 fully saturated rings. The normalized spacial score (nSPS) is 10.6. The summed E-state index contributed by atoms with van der Waals surface area (Å²) in [5.74, 6) is 0.282. The SMILES string of the molecule is COCCc1ccccc1-n1nnnc1N. The van der Waals surface area contributed by atoms with Crippen LogP contribution in [-0.2, 0) is 11.2 Å². The van der Waals surface area contributed by atoms with Gasteiger partial charge in [0.2, 0.25) is 5.95 Å². The number of aromatic nitrogens is 4. The van der Waals surface area contributed by atoms with E-state index in [1.165, 1.54) is 4.68 Å². The smallest absolute Gasteiger partial charge is 0.245 e. The third-order valence-corrected chi connectivity index (χ3v) is 2.29. The Balaban J connectivity index is 2.37. The highest BCUT2D eigenvalue weighted by Gasteiger charge is 2.08. The number of anilines is 1. The third kappa shape index (κ3) is 2.01. The van der Waals surface area contributed by atoms with Crippen LogP contribution in [0.4, 0.5) is 5.95 Å². The van der Waals surface area contributed by atoms with Crippen molar-refractivity contribution in [2.45, 2.75) is 6.42 Å². The molecule has 0 saturated heterocycles. The maximum absolute atomic E-state index is 5.67. The first kappa shape index (κ1) is 10.6. The zero-order chi connectivity index (χ0) is 11.4. The Morgan fingerprint density at radius 2 is 2.19 bits per heavy atom. The molecule has 0 atom stereocenters. The van der Waals surface area contributed by atoms with Crippen LogP contribution >= 0.6 is 0 Å². The zero-order valence-corrected chi connectivity index (χ0v) is 9.00. The van der Waals surface area contributed by atoms with E-state index in [1.807, 2.05) is 24.3 Å². The summed E-state index contributed by atoms with van der Waals surface area (Å²) < 4.78 is 6.58. The number of hydrogen-bond acceptors (Lipinski definition) is 5. The van der Waals surface area contributed by atoms with Crippen molar-refractivity contribution in [2.24, 2.45) is 0 Å². The maximum Gasteiger partial charge on any atom is 0.245 e. The van der Waals surface area contributed by atoms with E-state index < -0.39 is 0 Å². The molecule has 1 aromatic carbocycles. The molecular weight excluding hydrogens is 206 g/mol. The van der Waals surface area contributed by atoms with E-state index in [1.54, 1.807) is 7.11 Å². The van der Waals surface area contributed by atoms with Gasteiger partial charge in [0.25, 0.3) is 0 Å². The molecule has 2 aromatic rings. The van der Waals surface area contributed by atoms with Gasteiger partial charge in [0, 0.05) is 7.11 Å². The molecule has 0 bridgehead atoms. The van der Waals surface area contributed by atoms with E-state index in [0.29, 0.717) is 6.61 Å². The molecule has 0 aliphatic rings. The molecule has 6 heteroatoms. The van der Waals surface area contributed by atoms with Crippen LogP contribution in [0.15, 0.2) is 24.3 Å². The number of methoxy groups -OCH3 is 1. The van der Waals surface area contributed by atoms with Crippen LogP contribution in [0.1, 0.15) is 5.56 Å². The average Bonchev–Trinajstić information content (AvgIpc) is 2.73. The van der Waals surface area contributed by atoms with Crippen LogP contribution in [-0.4, -0.2) is 33.9 Å². The molecular formula is C10H13N5O. The van der Waals surface area contributed by atoms with Crippen LogP contribution < -0.4 is 5.73 Å². The molecule has 0 saturated carbocycles. The molecule has 0 aliphatic heterocycles. The topological polar surface area (TPSA) is 78.8 Å². The molecule has 1 aromatic heterocycles. The number of nitrogens with two attached hydrogens (primary N) is 1. The molecule has 16 heavy (non-hydrogen) atoms. The van der Waals surface area contributed by atoms with Gasteiger partial charge in [0.1, 0.15) is 0 Å². The van der Waals surface area contributed by atoms with Crippen LogP contribution in [0.25, 0.3) is 5.69 Å². The van der Waals surface area contributed by atoms with E-state index in [0.717, 1.165) is 17.7 Å². The number of ether oxygens (including phenoxy) is 1. The minimum Gasteiger partial charge on any atom is -0.384 e. The summed E-state index contributed by atoms with van der Waals surface area (Å²) in [6.45, 7) is 0.652. The van der Waals surface area contributed by atoms with Crippen molar-refractivity contribution in [2.75, 3.05) is 19.5 Å². The van der Waals surface area contributed by atoms with Crippen molar-refractivity contribution >= 4 is 5.95 Å². The van der Waals surface area contributed by atoms with E-state index >= 15 is 0 Å². The molecule has 2 N–H and O–H groups in total. The lowest BCUT2D eigenvalue weighted by molar-refractivity contribution is 0.202. The lowest BCUT2D eigenvalue weighted by Gasteiger charge is -2.08. The van der Waals surface area contributed by atoms with Crippen molar-refractivity contribution in [3.8, 4) is 5.69 Å². The monoisotopic (exact) mass is 219 g/mol. The van der Waals surface area contributed by atoms with Gasteiger partial charge in [0.05, 0.1) is 12.3 Å². The van der Waals surface area contributed by atoms with Gasteiger partial charge in [-0.3, -0.25) is 0 Å². The van der Waals surface area contributed by atoms with Crippen molar-refractivity contribution in [3.05, 3.63) is 29.8 Å². The van der Waals surface area contributed by atoms with Crippen molar-refractivity contribution in [1.82, 2.24) is 20.2 Å². The molecule has 1 heterocycles. The zero-order valence-electron chi connectivity index (χ0n) is 9.00. The predicted molar refractivity (Wildman–Crippen MR) is 59.1 cm³/mol. The lowest BCUT2D eigenvalue weighted by atomic mass is 10.1. The van der Waals surface area contributed by atoms with Crippen LogP contribution in [0.5, 0.6) is 0 Å². The van der Waals surface area contributed by atoms with E-state index in [-0.39, 0.29) is 5.95 Å². The summed E-state index contributed by atoms with van der Waals surface area (Å²) in [4.78, 5) is 0. The minimum atomic E-state index is 0.282. The first-order valence-corrected chi connectivity index (χ1v) is 4.94. The molecule has 84 valence electrons. The Morgan fingerprint density at radius 1 is 1.38 bits per heavy atom. The molecule has 0 amide bonds. The van der Waals surface area contributed by atoms with Gasteiger partial charge in [-0.15, -0.1) is 0 Å². The first-order chi connectivity index (χ1) is 7.83. The number of nitrogens with zero attached hydrogens (tertiary/aromatic N) is 4. The minimum absolute atomic E-state index is 0.282. The molecule has 6 nitrogen and oxygen atoms in total. The number of rotatable bonds is 4. The number of tetrazole rings is 1. The Morgan fingerprint density at radius 3 is 2.88 bits per heavy atom. The molecule has 0 aliphatic carbocycles. The standard InChI is InChI=1S/C10H13N5O/c1-16-7-6-8-4-2-3-5-9(8)15-10(11)12-13-14-15/h2-5H,6-7H2,1H3,(H2,11,12,14). The van der Waals surface area contributed by atoms with E-state index in [9.17, 15) is 0 Å². The van der Waals surface area contributed by atoms with Crippen LogP contribution in [0.2, 0.25) is 0 Å². The summed E-state index contributed by atoms with van der Waals surface area (Å²) in [6.07, 6.45) is 0.798. The highest BCUT2D eigenvalue weighted by molar-refractivity contribution is 5.43. The molecule has 2 rings (SSSR count).